The number of hydrogen-bond donors (Lipinski definition) is 1. The van der Waals surface area contributed by atoms with Gasteiger partial charge < -0.3 is 14.6 Å². The van der Waals surface area contributed by atoms with E-state index in [1.165, 1.54) is 0 Å². The Bertz CT molecular complexity index is 699. The lowest BCUT2D eigenvalue weighted by Gasteiger charge is -2.26. The number of amides is 1. The summed E-state index contributed by atoms with van der Waals surface area (Å²) in [6.45, 7) is 7.13. The van der Waals surface area contributed by atoms with Crippen LogP contribution in [0.3, 0.4) is 0 Å². The van der Waals surface area contributed by atoms with Crippen molar-refractivity contribution in [2.75, 3.05) is 25.5 Å². The van der Waals surface area contributed by atoms with Crippen LogP contribution in [0.2, 0.25) is 0 Å². The molecule has 2 aromatic rings. The molecule has 0 aliphatic carbocycles. The van der Waals surface area contributed by atoms with Crippen LogP contribution in [-0.2, 0) is 4.79 Å². The van der Waals surface area contributed by atoms with Crippen LogP contribution in [0.25, 0.3) is 0 Å². The highest BCUT2D eigenvalue weighted by molar-refractivity contribution is 5.93. The van der Waals surface area contributed by atoms with E-state index in [9.17, 15) is 4.79 Å². The molecule has 0 spiro atoms. The number of carbonyl (C=O) groups excluding carboxylic acids is 1. The Morgan fingerprint density at radius 2 is 2.12 bits per heavy atom. The summed E-state index contributed by atoms with van der Waals surface area (Å²) in [4.78, 5) is 14.7. The maximum Gasteiger partial charge on any atom is 0.242 e. The Morgan fingerprint density at radius 1 is 1.35 bits per heavy atom. The van der Waals surface area contributed by atoms with Crippen molar-refractivity contribution in [1.82, 2.24) is 10.1 Å². The zero-order valence-corrected chi connectivity index (χ0v) is 16.1. The Balaban J connectivity index is 1.91. The summed E-state index contributed by atoms with van der Waals surface area (Å²) in [5.74, 6) is 1.95. The molecule has 1 unspecified atom stereocenters. The van der Waals surface area contributed by atoms with Crippen molar-refractivity contribution >= 4 is 11.7 Å². The first kappa shape index (κ1) is 20.0. The minimum absolute atomic E-state index is 0.0647. The summed E-state index contributed by atoms with van der Waals surface area (Å²) in [5.41, 5.74) is 1.11. The van der Waals surface area contributed by atoms with Crippen molar-refractivity contribution in [3.63, 3.8) is 0 Å². The molecular formula is C20H29N3O3. The van der Waals surface area contributed by atoms with Gasteiger partial charge in [0.1, 0.15) is 18.1 Å². The second kappa shape index (κ2) is 9.97. The summed E-state index contributed by atoms with van der Waals surface area (Å²) in [6.07, 6.45) is 2.82. The van der Waals surface area contributed by atoms with Gasteiger partial charge in [0.05, 0.1) is 6.04 Å². The van der Waals surface area contributed by atoms with Crippen LogP contribution in [0, 0.1) is 13.8 Å². The fraction of sp³-hybridized carbons (Fsp3) is 0.500. The number of anilines is 1. The van der Waals surface area contributed by atoms with E-state index in [1.807, 2.05) is 43.1 Å². The van der Waals surface area contributed by atoms with E-state index in [4.69, 9.17) is 9.26 Å². The fourth-order valence-corrected chi connectivity index (χ4v) is 2.76. The highest BCUT2D eigenvalue weighted by atomic mass is 16.5. The monoisotopic (exact) mass is 359 g/mol. The first-order valence-corrected chi connectivity index (χ1v) is 9.14. The summed E-state index contributed by atoms with van der Waals surface area (Å²) >= 11 is 0. The van der Waals surface area contributed by atoms with Crippen LogP contribution in [0.1, 0.15) is 37.5 Å². The normalized spacial score (nSPS) is 12.2. The molecule has 0 bridgehead atoms. The molecule has 1 aromatic heterocycles. The number of ether oxygens (including phenoxy) is 1. The Hall–Kier alpha value is -2.34. The lowest BCUT2D eigenvalue weighted by molar-refractivity contribution is -0.121. The average Bonchev–Trinajstić information content (AvgIpc) is 3.01. The number of nitrogens with one attached hydrogen (secondary N) is 1. The van der Waals surface area contributed by atoms with Gasteiger partial charge in [-0.1, -0.05) is 43.1 Å². The van der Waals surface area contributed by atoms with Gasteiger partial charge >= 0.3 is 0 Å². The molecule has 0 fully saturated rings. The predicted octanol–water partition coefficient (Wildman–Crippen LogP) is 3.80. The molecule has 0 saturated carbocycles. The van der Waals surface area contributed by atoms with Gasteiger partial charge in [-0.05, 0) is 38.9 Å². The number of aryl methyl sites for hydroxylation is 2. The number of unbranched alkanes of at least 4 members (excludes halogenated alkanes) is 1. The van der Waals surface area contributed by atoms with Gasteiger partial charge in [0, 0.05) is 12.6 Å². The molecule has 2 rings (SSSR count). The Morgan fingerprint density at radius 3 is 2.77 bits per heavy atom. The first-order valence-electron chi connectivity index (χ1n) is 9.14. The third kappa shape index (κ3) is 5.88. The van der Waals surface area contributed by atoms with Crippen LogP contribution in [-0.4, -0.2) is 42.2 Å². The van der Waals surface area contributed by atoms with Crippen LogP contribution in [0.15, 0.2) is 34.9 Å². The van der Waals surface area contributed by atoms with Crippen molar-refractivity contribution in [3.05, 3.63) is 41.7 Å². The van der Waals surface area contributed by atoms with E-state index >= 15 is 0 Å². The van der Waals surface area contributed by atoms with Crippen molar-refractivity contribution in [3.8, 4) is 5.75 Å². The largest absolute Gasteiger partial charge is 0.492 e. The molecule has 1 heterocycles. The van der Waals surface area contributed by atoms with Crippen LogP contribution < -0.4 is 10.1 Å². The minimum atomic E-state index is -0.229. The molecule has 1 N–H and O–H groups in total. The Kier molecular flexibility index (Phi) is 7.66. The number of benzene rings is 1. The molecule has 6 heteroatoms. The maximum atomic E-state index is 12.7. The van der Waals surface area contributed by atoms with Crippen molar-refractivity contribution in [2.24, 2.45) is 0 Å². The standard InChI is InChI=1S/C20H29N3O3/c1-5-6-10-17(20(24)21-19-14-16(3)26-22-19)23(4)12-13-25-18-11-8-7-9-15(18)2/h7-9,11,14,17H,5-6,10,12-13H2,1-4H3,(H,21,22,24). The molecular weight excluding hydrogens is 330 g/mol. The molecule has 142 valence electrons. The van der Waals surface area contributed by atoms with E-state index in [-0.39, 0.29) is 11.9 Å². The van der Waals surface area contributed by atoms with Crippen LogP contribution >= 0.6 is 0 Å². The van der Waals surface area contributed by atoms with Crippen LogP contribution in [0.4, 0.5) is 5.82 Å². The second-order valence-electron chi connectivity index (χ2n) is 6.56. The van der Waals surface area contributed by atoms with E-state index < -0.39 is 0 Å². The van der Waals surface area contributed by atoms with E-state index in [2.05, 4.69) is 17.4 Å². The third-order valence-electron chi connectivity index (χ3n) is 4.34. The zero-order chi connectivity index (χ0) is 18.9. The molecule has 1 atom stereocenters. The topological polar surface area (TPSA) is 67.6 Å². The SMILES string of the molecule is CCCCC(C(=O)Nc1cc(C)on1)N(C)CCOc1ccccc1C. The third-order valence-corrected chi connectivity index (χ3v) is 4.34. The number of para-hydroxylation sites is 1. The molecule has 0 saturated heterocycles. The highest BCUT2D eigenvalue weighted by Gasteiger charge is 2.23. The first-order chi connectivity index (χ1) is 12.5. The number of nitrogens with zero attached hydrogens (tertiary/aromatic N) is 2. The zero-order valence-electron chi connectivity index (χ0n) is 16.1. The number of likely N-dealkylation sites (N-methyl/N-ethyl adjacent to an activating group) is 1. The molecule has 1 amide bonds. The highest BCUT2D eigenvalue weighted by Crippen LogP contribution is 2.17. The summed E-state index contributed by atoms with van der Waals surface area (Å²) < 4.78 is 10.9. The van der Waals surface area contributed by atoms with Crippen molar-refractivity contribution < 1.29 is 14.1 Å². The van der Waals surface area contributed by atoms with E-state index in [1.54, 1.807) is 13.0 Å². The van der Waals surface area contributed by atoms with Gasteiger partial charge in [0.25, 0.3) is 0 Å². The lowest BCUT2D eigenvalue weighted by atomic mass is 10.1. The maximum absolute atomic E-state index is 12.7. The minimum Gasteiger partial charge on any atom is -0.492 e. The molecule has 0 aliphatic rings. The summed E-state index contributed by atoms with van der Waals surface area (Å²) in [7, 11) is 1.95. The Labute approximate surface area is 155 Å². The summed E-state index contributed by atoms with van der Waals surface area (Å²) in [5, 5.41) is 6.68. The summed E-state index contributed by atoms with van der Waals surface area (Å²) in [6, 6.07) is 9.43. The molecule has 26 heavy (non-hydrogen) atoms. The molecule has 1 aromatic carbocycles. The average molecular weight is 359 g/mol. The van der Waals surface area contributed by atoms with Crippen molar-refractivity contribution in [1.29, 1.82) is 0 Å². The van der Waals surface area contributed by atoms with Gasteiger partial charge in [-0.2, -0.15) is 0 Å². The lowest BCUT2D eigenvalue weighted by Crippen LogP contribution is -2.43. The predicted molar refractivity (Wildman–Crippen MR) is 102 cm³/mol. The number of aromatic nitrogens is 1. The number of hydrogen-bond acceptors (Lipinski definition) is 5. The van der Waals surface area contributed by atoms with Gasteiger partial charge in [-0.15, -0.1) is 0 Å². The molecule has 0 radical (unpaired) electrons. The fourth-order valence-electron chi connectivity index (χ4n) is 2.76. The van der Waals surface area contributed by atoms with Gasteiger partial charge in [-0.25, -0.2) is 0 Å². The quantitative estimate of drug-likeness (QED) is 0.699. The van der Waals surface area contributed by atoms with Gasteiger partial charge in [0.2, 0.25) is 5.91 Å². The van der Waals surface area contributed by atoms with Gasteiger partial charge in [0.15, 0.2) is 5.82 Å². The van der Waals surface area contributed by atoms with Crippen LogP contribution in [0.5, 0.6) is 5.75 Å². The van der Waals surface area contributed by atoms with E-state index in [0.29, 0.717) is 24.7 Å². The molecule has 6 nitrogen and oxygen atoms in total. The smallest absolute Gasteiger partial charge is 0.242 e. The van der Waals surface area contributed by atoms with E-state index in [0.717, 1.165) is 30.6 Å². The number of rotatable bonds is 10. The number of carbonyl (C=O) groups is 1. The van der Waals surface area contributed by atoms with Crippen molar-refractivity contribution in [2.45, 2.75) is 46.1 Å². The second-order valence-corrected chi connectivity index (χ2v) is 6.56. The molecule has 0 aliphatic heterocycles. The van der Waals surface area contributed by atoms with Gasteiger partial charge in [-0.3, -0.25) is 9.69 Å².